The molecule has 0 bridgehead atoms. The minimum absolute atomic E-state index is 0.331. The maximum Gasteiger partial charge on any atom is 0.100 e. The molecule has 102 valence electrons. The molecule has 3 heteroatoms. The van der Waals surface area contributed by atoms with E-state index in [-0.39, 0.29) is 0 Å². The summed E-state index contributed by atoms with van der Waals surface area (Å²) in [4.78, 5) is 4.98. The summed E-state index contributed by atoms with van der Waals surface area (Å²) in [5.74, 6) is 0. The van der Waals surface area contributed by atoms with Gasteiger partial charge in [-0.3, -0.25) is 0 Å². The van der Waals surface area contributed by atoms with Crippen LogP contribution in [-0.4, -0.2) is 18.1 Å². The second-order valence-corrected chi connectivity index (χ2v) is 6.80. The van der Waals surface area contributed by atoms with E-state index in [1.807, 2.05) is 11.3 Å². The number of hydrogen-bond donors (Lipinski definition) is 1. The normalized spacial score (nSPS) is 18.8. The van der Waals surface area contributed by atoms with E-state index < -0.39 is 0 Å². The predicted octanol–water partition coefficient (Wildman–Crippen LogP) is 4.03. The Bertz CT molecular complexity index is 562. The zero-order valence-corrected chi connectivity index (χ0v) is 12.6. The number of fused-ring (bicyclic) bond motifs is 1. The summed E-state index contributed by atoms with van der Waals surface area (Å²) < 4.78 is 1.34. The van der Waals surface area contributed by atoms with Gasteiger partial charge in [-0.15, -0.1) is 11.3 Å². The number of aryl methyl sites for hydroxylation is 1. The van der Waals surface area contributed by atoms with Crippen molar-refractivity contribution in [3.8, 4) is 0 Å². The third-order valence-corrected chi connectivity index (χ3v) is 5.57. The lowest BCUT2D eigenvalue weighted by molar-refractivity contribution is 0.285. The summed E-state index contributed by atoms with van der Waals surface area (Å²) in [6, 6.07) is 6.64. The molecular formula is C16H22N2S. The van der Waals surface area contributed by atoms with Crippen molar-refractivity contribution >= 4 is 21.6 Å². The summed E-state index contributed by atoms with van der Waals surface area (Å²) in [6.45, 7) is 6.70. The van der Waals surface area contributed by atoms with Crippen LogP contribution in [0.4, 0.5) is 0 Å². The third-order valence-electron chi connectivity index (χ3n) is 4.29. The molecule has 1 aromatic carbocycles. The Balaban J connectivity index is 2.04. The second-order valence-electron chi connectivity index (χ2n) is 5.77. The molecule has 1 fully saturated rings. The minimum Gasteiger partial charge on any atom is -0.317 e. The van der Waals surface area contributed by atoms with Gasteiger partial charge in [-0.2, -0.15) is 0 Å². The van der Waals surface area contributed by atoms with Gasteiger partial charge in [0.2, 0.25) is 0 Å². The fourth-order valence-corrected chi connectivity index (χ4v) is 4.44. The first-order chi connectivity index (χ1) is 9.23. The van der Waals surface area contributed by atoms with Gasteiger partial charge in [0.25, 0.3) is 0 Å². The number of aromatic nitrogens is 1. The fourth-order valence-electron chi connectivity index (χ4n) is 3.22. The van der Waals surface area contributed by atoms with Crippen molar-refractivity contribution < 1.29 is 0 Å². The standard InChI is InChI=1S/C16H22N2S/c1-3-6-16(7-9-17-10-8-16)15-18-13-11-12(2)4-5-14(13)19-15/h4-5,11,17H,3,6-10H2,1-2H3. The van der Waals surface area contributed by atoms with Gasteiger partial charge < -0.3 is 5.32 Å². The lowest BCUT2D eigenvalue weighted by Crippen LogP contribution is -2.39. The fraction of sp³-hybridized carbons (Fsp3) is 0.562. The minimum atomic E-state index is 0.331. The molecule has 0 unspecified atom stereocenters. The molecule has 2 heterocycles. The average molecular weight is 274 g/mol. The Labute approximate surface area is 119 Å². The van der Waals surface area contributed by atoms with Crippen LogP contribution in [0.1, 0.15) is 43.2 Å². The van der Waals surface area contributed by atoms with Crippen molar-refractivity contribution in [1.82, 2.24) is 10.3 Å². The van der Waals surface area contributed by atoms with Crippen LogP contribution in [0.2, 0.25) is 0 Å². The van der Waals surface area contributed by atoms with E-state index in [1.165, 1.54) is 46.5 Å². The van der Waals surface area contributed by atoms with E-state index in [2.05, 4.69) is 37.4 Å². The topological polar surface area (TPSA) is 24.9 Å². The van der Waals surface area contributed by atoms with E-state index in [9.17, 15) is 0 Å². The number of nitrogens with one attached hydrogen (secondary N) is 1. The van der Waals surface area contributed by atoms with Crippen LogP contribution in [-0.2, 0) is 5.41 Å². The van der Waals surface area contributed by atoms with Crippen molar-refractivity contribution in [2.24, 2.45) is 0 Å². The lowest BCUT2D eigenvalue weighted by Gasteiger charge is -2.35. The first-order valence-electron chi connectivity index (χ1n) is 7.32. The molecule has 2 nitrogen and oxygen atoms in total. The van der Waals surface area contributed by atoms with Crippen LogP contribution >= 0.6 is 11.3 Å². The highest BCUT2D eigenvalue weighted by atomic mass is 32.1. The van der Waals surface area contributed by atoms with Gasteiger partial charge in [0.1, 0.15) is 5.01 Å². The van der Waals surface area contributed by atoms with Crippen molar-refractivity contribution in [2.45, 2.75) is 44.9 Å². The second kappa shape index (κ2) is 5.22. The molecule has 1 aromatic heterocycles. The SMILES string of the molecule is CCCC1(c2nc3cc(C)ccc3s2)CCNCC1. The molecule has 1 saturated heterocycles. The summed E-state index contributed by atoms with van der Waals surface area (Å²) >= 11 is 1.91. The van der Waals surface area contributed by atoms with Crippen molar-refractivity contribution in [3.05, 3.63) is 28.8 Å². The number of piperidine rings is 1. The van der Waals surface area contributed by atoms with Gasteiger partial charge in [0, 0.05) is 5.41 Å². The molecule has 0 atom stereocenters. The summed E-state index contributed by atoms with van der Waals surface area (Å²) in [5, 5.41) is 4.86. The highest BCUT2D eigenvalue weighted by molar-refractivity contribution is 7.18. The zero-order valence-electron chi connectivity index (χ0n) is 11.8. The summed E-state index contributed by atoms with van der Waals surface area (Å²) in [6.07, 6.45) is 4.99. The first-order valence-corrected chi connectivity index (χ1v) is 8.13. The molecule has 0 aliphatic carbocycles. The molecule has 0 spiro atoms. The van der Waals surface area contributed by atoms with Crippen molar-refractivity contribution in [1.29, 1.82) is 0 Å². The molecule has 19 heavy (non-hydrogen) atoms. The van der Waals surface area contributed by atoms with Crippen molar-refractivity contribution in [3.63, 3.8) is 0 Å². The quantitative estimate of drug-likeness (QED) is 0.914. The number of thiazole rings is 1. The van der Waals surface area contributed by atoms with Gasteiger partial charge in [0.05, 0.1) is 10.2 Å². The highest BCUT2D eigenvalue weighted by Crippen LogP contribution is 2.41. The monoisotopic (exact) mass is 274 g/mol. The van der Waals surface area contributed by atoms with E-state index >= 15 is 0 Å². The van der Waals surface area contributed by atoms with Crippen LogP contribution in [0.25, 0.3) is 10.2 Å². The van der Waals surface area contributed by atoms with Crippen molar-refractivity contribution in [2.75, 3.05) is 13.1 Å². The van der Waals surface area contributed by atoms with Crippen LogP contribution in [0.15, 0.2) is 18.2 Å². The smallest absolute Gasteiger partial charge is 0.100 e. The molecule has 1 N–H and O–H groups in total. The Kier molecular flexibility index (Phi) is 3.59. The molecule has 3 rings (SSSR count). The lowest BCUT2D eigenvalue weighted by atomic mass is 9.76. The largest absolute Gasteiger partial charge is 0.317 e. The number of benzene rings is 1. The Morgan fingerprint density at radius 1 is 1.32 bits per heavy atom. The van der Waals surface area contributed by atoms with Crippen LogP contribution in [0.5, 0.6) is 0 Å². The molecule has 0 radical (unpaired) electrons. The molecule has 2 aromatic rings. The molecule has 0 amide bonds. The van der Waals surface area contributed by atoms with Crippen LogP contribution in [0.3, 0.4) is 0 Å². The number of nitrogens with zero attached hydrogens (tertiary/aromatic N) is 1. The van der Waals surface area contributed by atoms with E-state index in [0.29, 0.717) is 5.41 Å². The first kappa shape index (κ1) is 13.1. The Morgan fingerprint density at radius 2 is 2.11 bits per heavy atom. The van der Waals surface area contributed by atoms with Gasteiger partial charge in [-0.05, 0) is 57.0 Å². The molecular weight excluding hydrogens is 252 g/mol. The van der Waals surface area contributed by atoms with Crippen LogP contribution < -0.4 is 5.32 Å². The summed E-state index contributed by atoms with van der Waals surface area (Å²) in [7, 11) is 0. The van der Waals surface area contributed by atoms with Gasteiger partial charge >= 0.3 is 0 Å². The highest BCUT2D eigenvalue weighted by Gasteiger charge is 2.35. The van der Waals surface area contributed by atoms with Gasteiger partial charge in [0.15, 0.2) is 0 Å². The van der Waals surface area contributed by atoms with Gasteiger partial charge in [-0.25, -0.2) is 4.98 Å². The Morgan fingerprint density at radius 3 is 2.84 bits per heavy atom. The molecule has 1 aliphatic heterocycles. The average Bonchev–Trinajstić information content (AvgIpc) is 2.83. The van der Waals surface area contributed by atoms with E-state index in [0.717, 1.165) is 13.1 Å². The molecule has 1 aliphatic rings. The maximum atomic E-state index is 4.98. The number of hydrogen-bond acceptors (Lipinski definition) is 3. The molecule has 0 saturated carbocycles. The van der Waals surface area contributed by atoms with E-state index in [4.69, 9.17) is 4.98 Å². The number of rotatable bonds is 3. The van der Waals surface area contributed by atoms with E-state index in [1.54, 1.807) is 0 Å². The Hall–Kier alpha value is -0.930. The van der Waals surface area contributed by atoms with Gasteiger partial charge in [-0.1, -0.05) is 19.4 Å². The zero-order chi connectivity index (χ0) is 13.3. The maximum absolute atomic E-state index is 4.98. The van der Waals surface area contributed by atoms with Crippen LogP contribution in [0, 0.1) is 6.92 Å². The predicted molar refractivity (Wildman–Crippen MR) is 83.0 cm³/mol. The summed E-state index contributed by atoms with van der Waals surface area (Å²) in [5.41, 5.74) is 2.82. The third kappa shape index (κ3) is 2.41.